The Morgan fingerprint density at radius 3 is 2.57 bits per heavy atom. The monoisotopic (exact) mass is 374 g/mol. The largest absolute Gasteiger partial charge is 0.378 e. The van der Waals surface area contributed by atoms with E-state index < -0.39 is 0 Å². The highest BCUT2D eigenvalue weighted by molar-refractivity contribution is 9.10. The zero-order valence-electron chi connectivity index (χ0n) is 13.3. The normalized spacial score (nSPS) is 11.2. The molecule has 0 spiro atoms. The second-order valence-electron chi connectivity index (χ2n) is 5.62. The molecular weight excluding hydrogens is 356 g/mol. The van der Waals surface area contributed by atoms with Crippen LogP contribution in [0.1, 0.15) is 31.2 Å². The molecule has 0 aliphatic rings. The Balaban J connectivity index is 1.94. The van der Waals surface area contributed by atoms with E-state index >= 15 is 0 Å². The average molecular weight is 375 g/mol. The van der Waals surface area contributed by atoms with Gasteiger partial charge in [0.2, 0.25) is 5.65 Å². The van der Waals surface area contributed by atoms with Crippen molar-refractivity contribution in [2.45, 2.75) is 26.3 Å². The summed E-state index contributed by atoms with van der Waals surface area (Å²) in [7, 11) is 1.85. The molecule has 2 N–H and O–H groups in total. The molecule has 0 aliphatic heterocycles. The van der Waals surface area contributed by atoms with E-state index in [0.717, 1.165) is 27.4 Å². The lowest BCUT2D eigenvalue weighted by Crippen LogP contribution is -2.08. The number of hydrogen-bond donors (Lipinski definition) is 2. The van der Waals surface area contributed by atoms with Gasteiger partial charge in [0.25, 0.3) is 0 Å². The molecule has 23 heavy (non-hydrogen) atoms. The molecule has 7 heteroatoms. The highest BCUT2D eigenvalue weighted by Gasteiger charge is 2.15. The van der Waals surface area contributed by atoms with Crippen molar-refractivity contribution < 1.29 is 0 Å². The fraction of sp³-hybridized carbons (Fsp3) is 0.312. The van der Waals surface area contributed by atoms with E-state index in [4.69, 9.17) is 0 Å². The molecule has 3 rings (SSSR count). The van der Waals surface area contributed by atoms with Gasteiger partial charge in [0.05, 0.1) is 5.69 Å². The number of anilines is 2. The van der Waals surface area contributed by atoms with E-state index in [1.807, 2.05) is 25.2 Å². The molecule has 0 atom stereocenters. The van der Waals surface area contributed by atoms with Gasteiger partial charge in [0.15, 0.2) is 5.82 Å². The van der Waals surface area contributed by atoms with Crippen molar-refractivity contribution in [1.82, 2.24) is 19.8 Å². The van der Waals surface area contributed by atoms with E-state index in [-0.39, 0.29) is 5.92 Å². The lowest BCUT2D eigenvalue weighted by atomic mass is 10.2. The van der Waals surface area contributed by atoms with Crippen LogP contribution >= 0.6 is 15.9 Å². The van der Waals surface area contributed by atoms with Crippen LogP contribution < -0.4 is 10.6 Å². The van der Waals surface area contributed by atoms with Crippen LogP contribution in [0.4, 0.5) is 11.5 Å². The molecule has 0 saturated carbocycles. The Bertz CT molecular complexity index is 809. The summed E-state index contributed by atoms with van der Waals surface area (Å²) in [5.41, 5.74) is 2.84. The fourth-order valence-electron chi connectivity index (χ4n) is 2.31. The summed E-state index contributed by atoms with van der Waals surface area (Å²) >= 11 is 3.45. The molecule has 0 fully saturated rings. The minimum atomic E-state index is 0.254. The number of fused-ring (bicyclic) bond motifs is 1. The van der Waals surface area contributed by atoms with Crippen molar-refractivity contribution in [1.29, 1.82) is 0 Å². The van der Waals surface area contributed by atoms with Gasteiger partial charge >= 0.3 is 0 Å². The standard InChI is InChI=1S/C16H19BrN6/c1-10(2)15-20-21-16-13(8-14(18-3)22-23(15)16)19-9-11-4-6-12(17)7-5-11/h4-8,10,19H,9H2,1-3H3,(H,18,22). The number of rotatable bonds is 5. The Hall–Kier alpha value is -2.15. The fourth-order valence-corrected chi connectivity index (χ4v) is 2.57. The van der Waals surface area contributed by atoms with Crippen LogP contribution in [0, 0.1) is 0 Å². The first-order valence-electron chi connectivity index (χ1n) is 7.51. The first kappa shape index (κ1) is 15.7. The SMILES string of the molecule is CNc1cc(NCc2ccc(Br)cc2)c2nnc(C(C)C)n2n1. The highest BCUT2D eigenvalue weighted by Crippen LogP contribution is 2.22. The number of benzene rings is 1. The van der Waals surface area contributed by atoms with Crippen LogP contribution in [0.5, 0.6) is 0 Å². The number of halogens is 1. The summed E-state index contributed by atoms with van der Waals surface area (Å²) in [6.07, 6.45) is 0. The summed E-state index contributed by atoms with van der Waals surface area (Å²) in [6.45, 7) is 4.87. The van der Waals surface area contributed by atoms with Crippen molar-refractivity contribution in [2.24, 2.45) is 0 Å². The van der Waals surface area contributed by atoms with Crippen LogP contribution in [-0.2, 0) is 6.54 Å². The van der Waals surface area contributed by atoms with E-state index in [9.17, 15) is 0 Å². The van der Waals surface area contributed by atoms with Crippen LogP contribution in [0.15, 0.2) is 34.8 Å². The molecule has 3 aromatic rings. The van der Waals surface area contributed by atoms with Crippen molar-refractivity contribution >= 4 is 33.1 Å². The summed E-state index contributed by atoms with van der Waals surface area (Å²) in [5.74, 6) is 1.88. The van der Waals surface area contributed by atoms with Crippen LogP contribution in [0.2, 0.25) is 0 Å². The number of nitrogens with zero attached hydrogens (tertiary/aromatic N) is 4. The smallest absolute Gasteiger partial charge is 0.201 e. The second kappa shape index (κ2) is 6.54. The molecule has 0 saturated heterocycles. The van der Waals surface area contributed by atoms with Gasteiger partial charge in [0, 0.05) is 30.0 Å². The first-order chi connectivity index (χ1) is 11.1. The third-order valence-electron chi connectivity index (χ3n) is 3.56. The molecule has 6 nitrogen and oxygen atoms in total. The molecule has 0 amide bonds. The molecular formula is C16H19BrN6. The average Bonchev–Trinajstić information content (AvgIpc) is 2.98. The third-order valence-corrected chi connectivity index (χ3v) is 4.09. The predicted octanol–water partition coefficient (Wildman–Crippen LogP) is 3.66. The number of aromatic nitrogens is 4. The summed E-state index contributed by atoms with van der Waals surface area (Å²) < 4.78 is 2.88. The zero-order chi connectivity index (χ0) is 16.4. The Morgan fingerprint density at radius 2 is 1.91 bits per heavy atom. The maximum Gasteiger partial charge on any atom is 0.201 e. The van der Waals surface area contributed by atoms with Crippen molar-refractivity contribution in [2.75, 3.05) is 17.7 Å². The highest BCUT2D eigenvalue weighted by atomic mass is 79.9. The molecule has 2 heterocycles. The van der Waals surface area contributed by atoms with Crippen molar-refractivity contribution in [3.05, 3.63) is 46.2 Å². The van der Waals surface area contributed by atoms with Gasteiger partial charge in [-0.3, -0.25) is 0 Å². The van der Waals surface area contributed by atoms with Crippen LogP contribution in [0.3, 0.4) is 0 Å². The molecule has 0 bridgehead atoms. The lowest BCUT2D eigenvalue weighted by molar-refractivity contribution is 0.722. The topological polar surface area (TPSA) is 67.1 Å². The van der Waals surface area contributed by atoms with E-state index in [1.165, 1.54) is 5.56 Å². The molecule has 1 aromatic carbocycles. The molecule has 0 unspecified atom stereocenters. The van der Waals surface area contributed by atoms with Crippen molar-refractivity contribution in [3.63, 3.8) is 0 Å². The van der Waals surface area contributed by atoms with E-state index in [0.29, 0.717) is 6.54 Å². The maximum absolute atomic E-state index is 4.54. The molecule has 120 valence electrons. The minimum absolute atomic E-state index is 0.254. The minimum Gasteiger partial charge on any atom is -0.378 e. The van der Waals surface area contributed by atoms with Crippen molar-refractivity contribution in [3.8, 4) is 0 Å². The van der Waals surface area contributed by atoms with Gasteiger partial charge < -0.3 is 10.6 Å². The zero-order valence-corrected chi connectivity index (χ0v) is 14.9. The van der Waals surface area contributed by atoms with E-state index in [2.05, 4.69) is 67.8 Å². The maximum atomic E-state index is 4.54. The summed E-state index contributed by atoms with van der Waals surface area (Å²) in [4.78, 5) is 0. The second-order valence-corrected chi connectivity index (χ2v) is 6.54. The van der Waals surface area contributed by atoms with Crippen LogP contribution in [-0.4, -0.2) is 26.9 Å². The Labute approximate surface area is 143 Å². The van der Waals surface area contributed by atoms with Gasteiger partial charge in [0.1, 0.15) is 5.82 Å². The summed E-state index contributed by atoms with van der Waals surface area (Å²) in [6, 6.07) is 10.2. The van der Waals surface area contributed by atoms with Crippen LogP contribution in [0.25, 0.3) is 5.65 Å². The lowest BCUT2D eigenvalue weighted by Gasteiger charge is -2.10. The predicted molar refractivity (Wildman–Crippen MR) is 95.9 cm³/mol. The molecule has 0 radical (unpaired) electrons. The Kier molecular flexibility index (Phi) is 4.47. The van der Waals surface area contributed by atoms with Gasteiger partial charge in [-0.2, -0.15) is 4.52 Å². The number of nitrogens with one attached hydrogen (secondary N) is 2. The van der Waals surface area contributed by atoms with Gasteiger partial charge in [-0.05, 0) is 17.7 Å². The molecule has 0 aliphatic carbocycles. The number of hydrogen-bond acceptors (Lipinski definition) is 5. The van der Waals surface area contributed by atoms with Gasteiger partial charge in [-0.25, -0.2) is 0 Å². The Morgan fingerprint density at radius 1 is 1.17 bits per heavy atom. The third kappa shape index (κ3) is 3.29. The first-order valence-corrected chi connectivity index (χ1v) is 8.30. The molecule has 2 aromatic heterocycles. The van der Waals surface area contributed by atoms with Gasteiger partial charge in [-0.1, -0.05) is 41.9 Å². The van der Waals surface area contributed by atoms with E-state index in [1.54, 1.807) is 4.52 Å². The van der Waals surface area contributed by atoms with Gasteiger partial charge in [-0.15, -0.1) is 15.3 Å². The quantitative estimate of drug-likeness (QED) is 0.713. The summed E-state index contributed by atoms with van der Waals surface area (Å²) in [5, 5.41) is 19.6.